The zero-order chi connectivity index (χ0) is 16.7. The SMILES string of the molecule is COc1ccc(C2=CC3C=NC4=CC(C)C=NN4C3N=C2Cl)cc1. The van der Waals surface area contributed by atoms with Crippen LogP contribution in [0.5, 0.6) is 5.75 Å². The Kier molecular flexibility index (Phi) is 3.73. The van der Waals surface area contributed by atoms with Gasteiger partial charge in [-0.1, -0.05) is 36.7 Å². The summed E-state index contributed by atoms with van der Waals surface area (Å²) in [4.78, 5) is 9.21. The number of hydrogen-bond donors (Lipinski definition) is 0. The first-order valence-corrected chi connectivity index (χ1v) is 8.23. The molecule has 3 atom stereocenters. The predicted octanol–water partition coefficient (Wildman–Crippen LogP) is 3.54. The normalized spacial score (nSPS) is 27.7. The predicted molar refractivity (Wildman–Crippen MR) is 97.6 cm³/mol. The second-order valence-electron chi connectivity index (χ2n) is 5.99. The summed E-state index contributed by atoms with van der Waals surface area (Å²) in [5, 5.41) is 6.82. The topological polar surface area (TPSA) is 49.6 Å². The van der Waals surface area contributed by atoms with E-state index in [1.807, 2.05) is 41.7 Å². The molecule has 0 spiro atoms. The maximum Gasteiger partial charge on any atom is 0.156 e. The number of ether oxygens (including phenoxy) is 1. The van der Waals surface area contributed by atoms with Crippen LogP contribution in [0.15, 0.2) is 57.3 Å². The first-order chi connectivity index (χ1) is 11.7. The number of methoxy groups -OCH3 is 1. The molecule has 0 N–H and O–H groups in total. The smallest absolute Gasteiger partial charge is 0.156 e. The number of fused-ring (bicyclic) bond motifs is 3. The van der Waals surface area contributed by atoms with E-state index in [0.29, 0.717) is 5.17 Å². The number of rotatable bonds is 2. The van der Waals surface area contributed by atoms with E-state index in [0.717, 1.165) is 22.7 Å². The van der Waals surface area contributed by atoms with Gasteiger partial charge in [0.1, 0.15) is 16.7 Å². The van der Waals surface area contributed by atoms with Gasteiger partial charge in [0.25, 0.3) is 0 Å². The van der Waals surface area contributed by atoms with Crippen molar-refractivity contribution in [3.8, 4) is 5.75 Å². The van der Waals surface area contributed by atoms with Gasteiger partial charge in [-0.25, -0.2) is 15.0 Å². The molecule has 0 aliphatic carbocycles. The van der Waals surface area contributed by atoms with Gasteiger partial charge in [0, 0.05) is 23.9 Å². The average Bonchev–Trinajstić information content (AvgIpc) is 2.61. The van der Waals surface area contributed by atoms with Gasteiger partial charge in [0.05, 0.1) is 13.0 Å². The summed E-state index contributed by atoms with van der Waals surface area (Å²) in [6.07, 6.45) is 7.83. The first-order valence-electron chi connectivity index (χ1n) is 7.85. The van der Waals surface area contributed by atoms with Gasteiger partial charge < -0.3 is 4.74 Å². The number of benzene rings is 1. The molecule has 0 aromatic heterocycles. The van der Waals surface area contributed by atoms with Gasteiger partial charge >= 0.3 is 0 Å². The Morgan fingerprint density at radius 1 is 1.12 bits per heavy atom. The molecule has 5 nitrogen and oxygen atoms in total. The molecule has 0 bridgehead atoms. The average molecular weight is 341 g/mol. The van der Waals surface area contributed by atoms with Crippen molar-refractivity contribution in [1.82, 2.24) is 5.01 Å². The highest BCUT2D eigenvalue weighted by Crippen LogP contribution is 2.34. The van der Waals surface area contributed by atoms with E-state index in [1.54, 1.807) is 7.11 Å². The van der Waals surface area contributed by atoms with Gasteiger partial charge in [-0.05, 0) is 23.8 Å². The Labute approximate surface area is 145 Å². The molecule has 1 aromatic carbocycles. The third-order valence-corrected chi connectivity index (χ3v) is 4.58. The molecule has 0 radical (unpaired) electrons. The molecule has 0 saturated heterocycles. The first kappa shape index (κ1) is 15.1. The molecule has 0 amide bonds. The Balaban J connectivity index is 1.69. The molecule has 3 aliphatic heterocycles. The van der Waals surface area contributed by atoms with Gasteiger partial charge in [-0.2, -0.15) is 5.10 Å². The standard InChI is InChI=1S/C18H17ClN4O/c1-11-7-16-20-10-13-8-15(12-3-5-14(24-2)6-4-12)17(19)22-18(13)23(16)21-9-11/h3-11,13,18H,1-2H3. The lowest BCUT2D eigenvalue weighted by Gasteiger charge is -2.37. The van der Waals surface area contributed by atoms with Gasteiger partial charge in [-0.3, -0.25) is 0 Å². The molecule has 122 valence electrons. The van der Waals surface area contributed by atoms with E-state index in [1.165, 1.54) is 0 Å². The second-order valence-corrected chi connectivity index (χ2v) is 6.35. The molecule has 24 heavy (non-hydrogen) atoms. The summed E-state index contributed by atoms with van der Waals surface area (Å²) in [5.74, 6) is 1.96. The molecule has 3 heterocycles. The van der Waals surface area contributed by atoms with Crippen LogP contribution in [-0.4, -0.2) is 35.9 Å². The third-order valence-electron chi connectivity index (χ3n) is 4.27. The van der Waals surface area contributed by atoms with E-state index in [-0.39, 0.29) is 18.0 Å². The molecule has 3 aliphatic rings. The highest BCUT2D eigenvalue weighted by atomic mass is 35.5. The van der Waals surface area contributed by atoms with Crippen LogP contribution in [0, 0.1) is 11.8 Å². The van der Waals surface area contributed by atoms with E-state index in [9.17, 15) is 0 Å². The van der Waals surface area contributed by atoms with Crippen molar-refractivity contribution in [2.24, 2.45) is 26.9 Å². The molecule has 1 aromatic rings. The van der Waals surface area contributed by atoms with Crippen LogP contribution in [-0.2, 0) is 0 Å². The van der Waals surface area contributed by atoms with E-state index >= 15 is 0 Å². The minimum Gasteiger partial charge on any atom is -0.497 e. The summed E-state index contributed by atoms with van der Waals surface area (Å²) >= 11 is 6.48. The van der Waals surface area contributed by atoms with Crippen molar-refractivity contribution < 1.29 is 4.74 Å². The number of aliphatic imine (C=N–C) groups is 2. The fourth-order valence-electron chi connectivity index (χ4n) is 3.00. The van der Waals surface area contributed by atoms with Gasteiger partial charge in [-0.15, -0.1) is 0 Å². The Morgan fingerprint density at radius 2 is 1.92 bits per heavy atom. The summed E-state index contributed by atoms with van der Waals surface area (Å²) in [6, 6.07) is 7.79. The Hall–Kier alpha value is -2.40. The number of allylic oxidation sites excluding steroid dienone is 2. The zero-order valence-electron chi connectivity index (χ0n) is 13.4. The summed E-state index contributed by atoms with van der Waals surface area (Å²) in [7, 11) is 1.65. The molecule has 0 fully saturated rings. The van der Waals surface area contributed by atoms with Gasteiger partial charge in [0.15, 0.2) is 6.17 Å². The van der Waals surface area contributed by atoms with E-state index in [2.05, 4.69) is 34.2 Å². The van der Waals surface area contributed by atoms with E-state index < -0.39 is 0 Å². The number of nitrogens with zero attached hydrogens (tertiary/aromatic N) is 4. The van der Waals surface area contributed by atoms with E-state index in [4.69, 9.17) is 16.3 Å². The zero-order valence-corrected chi connectivity index (χ0v) is 14.2. The van der Waals surface area contributed by atoms with Crippen LogP contribution in [0.25, 0.3) is 5.57 Å². The lowest BCUT2D eigenvalue weighted by Crippen LogP contribution is -2.42. The molecule has 0 saturated carbocycles. The number of hydrogen-bond acceptors (Lipinski definition) is 5. The molecule has 6 heteroatoms. The maximum absolute atomic E-state index is 6.48. The summed E-state index contributed by atoms with van der Waals surface area (Å²) < 4.78 is 5.20. The molecular weight excluding hydrogens is 324 g/mol. The molecule has 4 rings (SSSR count). The Bertz CT molecular complexity index is 807. The minimum absolute atomic E-state index is 0.0345. The van der Waals surface area contributed by atoms with Crippen LogP contribution in [0.3, 0.4) is 0 Å². The van der Waals surface area contributed by atoms with Gasteiger partial charge in [0.2, 0.25) is 0 Å². The monoisotopic (exact) mass is 340 g/mol. The molecule has 3 unspecified atom stereocenters. The van der Waals surface area contributed by atoms with Crippen LogP contribution < -0.4 is 4.74 Å². The molecular formula is C18H17ClN4O. The highest BCUT2D eigenvalue weighted by Gasteiger charge is 2.35. The third kappa shape index (κ3) is 2.55. The number of dihydropyridines is 1. The summed E-state index contributed by atoms with van der Waals surface area (Å²) in [5.41, 5.74) is 1.92. The summed E-state index contributed by atoms with van der Waals surface area (Å²) in [6.45, 7) is 2.08. The van der Waals surface area contributed by atoms with Crippen LogP contribution >= 0.6 is 11.6 Å². The van der Waals surface area contributed by atoms with Crippen molar-refractivity contribution in [3.05, 3.63) is 47.8 Å². The second kappa shape index (κ2) is 5.91. The van der Waals surface area contributed by atoms with Crippen LogP contribution in [0.2, 0.25) is 0 Å². The number of hydrazone groups is 1. The van der Waals surface area contributed by atoms with Crippen molar-refractivity contribution in [1.29, 1.82) is 0 Å². The highest BCUT2D eigenvalue weighted by molar-refractivity contribution is 6.76. The van der Waals surface area contributed by atoms with Crippen molar-refractivity contribution >= 4 is 34.8 Å². The van der Waals surface area contributed by atoms with Crippen molar-refractivity contribution in [2.75, 3.05) is 7.11 Å². The largest absolute Gasteiger partial charge is 0.497 e. The number of halogens is 1. The maximum atomic E-state index is 6.48. The fourth-order valence-corrected chi connectivity index (χ4v) is 3.27. The van der Waals surface area contributed by atoms with Crippen LogP contribution in [0.1, 0.15) is 12.5 Å². The fraction of sp³-hybridized carbons (Fsp3) is 0.278. The Morgan fingerprint density at radius 3 is 2.67 bits per heavy atom. The van der Waals surface area contributed by atoms with Crippen LogP contribution in [0.4, 0.5) is 0 Å². The lowest BCUT2D eigenvalue weighted by atomic mass is 9.95. The lowest BCUT2D eigenvalue weighted by molar-refractivity contribution is 0.233. The minimum atomic E-state index is -0.174. The van der Waals surface area contributed by atoms with Crippen molar-refractivity contribution in [3.63, 3.8) is 0 Å². The van der Waals surface area contributed by atoms with Crippen molar-refractivity contribution in [2.45, 2.75) is 13.1 Å². The quantitative estimate of drug-likeness (QED) is 0.826.